The van der Waals surface area contributed by atoms with Crippen molar-refractivity contribution in [3.05, 3.63) is 0 Å². The van der Waals surface area contributed by atoms with Gasteiger partial charge >= 0.3 is 0 Å². The predicted molar refractivity (Wildman–Crippen MR) is 78.2 cm³/mol. The van der Waals surface area contributed by atoms with Crippen LogP contribution in [0.1, 0.15) is 0 Å². The molecule has 11 heteroatoms. The highest BCUT2D eigenvalue weighted by atomic mass is 16.7. The van der Waals surface area contributed by atoms with E-state index in [2.05, 4.69) is 0 Å². The molecule has 148 valence electrons. The molecule has 2 aliphatic heterocycles. The van der Waals surface area contributed by atoms with Gasteiger partial charge in [-0.05, 0) is 0 Å². The molecule has 0 amide bonds. The first-order chi connectivity index (χ1) is 11.9. The average molecular weight is 370 g/mol. The quantitative estimate of drug-likeness (QED) is 0.269. The summed E-state index contributed by atoms with van der Waals surface area (Å²) in [6.07, 6.45) is -12.9. The zero-order valence-electron chi connectivity index (χ0n) is 13.9. The fraction of sp³-hybridized carbons (Fsp3) is 1.00. The predicted octanol–water partition coefficient (Wildman–Crippen LogP) is -4.09. The van der Waals surface area contributed by atoms with Gasteiger partial charge in [-0.15, -0.1) is 0 Å². The van der Waals surface area contributed by atoms with E-state index < -0.39 is 74.6 Å². The summed E-state index contributed by atoms with van der Waals surface area (Å²) in [5, 5.41) is 59.3. The zero-order chi connectivity index (χ0) is 18.7. The maximum atomic E-state index is 10.2. The minimum absolute atomic E-state index is 0.510. The number of methoxy groups -OCH3 is 2. The average Bonchev–Trinajstić information content (AvgIpc) is 2.62. The Kier molecular flexibility index (Phi) is 7.49. The van der Waals surface area contributed by atoms with Crippen molar-refractivity contribution in [2.75, 3.05) is 27.4 Å². The lowest BCUT2D eigenvalue weighted by atomic mass is 9.97. The lowest BCUT2D eigenvalue weighted by molar-refractivity contribution is -0.358. The van der Waals surface area contributed by atoms with Crippen LogP contribution in [0, 0.1) is 0 Å². The van der Waals surface area contributed by atoms with Gasteiger partial charge in [-0.2, -0.15) is 0 Å². The molecule has 0 unspecified atom stereocenters. The van der Waals surface area contributed by atoms with Gasteiger partial charge in [0.15, 0.2) is 12.6 Å². The lowest BCUT2D eigenvalue weighted by Gasteiger charge is -2.46. The molecule has 0 bridgehead atoms. The number of aliphatic hydroxyl groups excluding tert-OH is 6. The number of rotatable bonds is 6. The van der Waals surface area contributed by atoms with Crippen LogP contribution in [-0.2, 0) is 23.7 Å². The minimum atomic E-state index is -1.56. The highest BCUT2D eigenvalue weighted by Crippen LogP contribution is 2.29. The molecule has 2 saturated heterocycles. The van der Waals surface area contributed by atoms with Crippen molar-refractivity contribution in [3.8, 4) is 0 Å². The number of hydrogen-bond donors (Lipinski definition) is 6. The standard InChI is InChI=1S/C14H26O11/c1-21-11-5(3-15)24-14(10(20)7(11)17)25-12-6(4-16)23-13(22-2)9(19)8(12)18/h5-20H,3-4H2,1-2H3/t5-,6-,7-,8-,9-,10-,11+,12+,13-,14+/m1/s1. The zero-order valence-corrected chi connectivity index (χ0v) is 13.9. The third-order valence-electron chi connectivity index (χ3n) is 4.44. The molecule has 0 aromatic heterocycles. The summed E-state index contributed by atoms with van der Waals surface area (Å²) in [4.78, 5) is 0. The van der Waals surface area contributed by atoms with Crippen LogP contribution < -0.4 is 0 Å². The van der Waals surface area contributed by atoms with E-state index in [0.717, 1.165) is 0 Å². The highest BCUT2D eigenvalue weighted by molar-refractivity contribution is 4.94. The summed E-state index contributed by atoms with van der Waals surface area (Å²) in [6, 6.07) is 0. The van der Waals surface area contributed by atoms with Gasteiger partial charge < -0.3 is 54.3 Å². The lowest BCUT2D eigenvalue weighted by Crippen LogP contribution is -2.64. The Labute approximate surface area is 144 Å². The first-order valence-corrected chi connectivity index (χ1v) is 7.85. The normalized spacial score (nSPS) is 48.5. The summed E-state index contributed by atoms with van der Waals surface area (Å²) in [6.45, 7) is -1.08. The van der Waals surface area contributed by atoms with Crippen molar-refractivity contribution in [2.45, 2.75) is 61.4 Å². The van der Waals surface area contributed by atoms with E-state index in [1.807, 2.05) is 0 Å². The molecule has 2 heterocycles. The Morgan fingerprint density at radius 1 is 0.680 bits per heavy atom. The molecule has 0 aromatic carbocycles. The van der Waals surface area contributed by atoms with Crippen LogP contribution in [0.5, 0.6) is 0 Å². The van der Waals surface area contributed by atoms with Crippen molar-refractivity contribution in [1.29, 1.82) is 0 Å². The van der Waals surface area contributed by atoms with Crippen molar-refractivity contribution < 1.29 is 54.3 Å². The minimum Gasteiger partial charge on any atom is -0.394 e. The van der Waals surface area contributed by atoms with Gasteiger partial charge in [0.1, 0.15) is 48.8 Å². The highest BCUT2D eigenvalue weighted by Gasteiger charge is 2.50. The molecule has 0 saturated carbocycles. The fourth-order valence-electron chi connectivity index (χ4n) is 3.03. The van der Waals surface area contributed by atoms with E-state index in [1.165, 1.54) is 14.2 Å². The van der Waals surface area contributed by atoms with Crippen LogP contribution in [0.15, 0.2) is 0 Å². The molecule has 2 rings (SSSR count). The Hall–Kier alpha value is -0.440. The fourth-order valence-corrected chi connectivity index (χ4v) is 3.03. The molecule has 2 aliphatic rings. The molecule has 0 aromatic rings. The molecule has 25 heavy (non-hydrogen) atoms. The second-order valence-corrected chi connectivity index (χ2v) is 5.95. The van der Waals surface area contributed by atoms with Crippen LogP contribution in [0.2, 0.25) is 0 Å². The van der Waals surface area contributed by atoms with Gasteiger partial charge in [-0.25, -0.2) is 0 Å². The summed E-state index contributed by atoms with van der Waals surface area (Å²) < 4.78 is 26.0. The molecule has 6 N–H and O–H groups in total. The Morgan fingerprint density at radius 3 is 1.68 bits per heavy atom. The van der Waals surface area contributed by atoms with Crippen molar-refractivity contribution in [1.82, 2.24) is 0 Å². The number of ether oxygens (including phenoxy) is 5. The molecule has 0 spiro atoms. The smallest absolute Gasteiger partial charge is 0.187 e. The molecular weight excluding hydrogens is 344 g/mol. The van der Waals surface area contributed by atoms with Crippen LogP contribution in [0.4, 0.5) is 0 Å². The van der Waals surface area contributed by atoms with Gasteiger partial charge in [0.2, 0.25) is 0 Å². The van der Waals surface area contributed by atoms with Crippen molar-refractivity contribution in [3.63, 3.8) is 0 Å². The Morgan fingerprint density at radius 2 is 1.16 bits per heavy atom. The van der Waals surface area contributed by atoms with Crippen LogP contribution in [-0.4, -0.2) is 119 Å². The first kappa shape index (κ1) is 20.9. The number of aliphatic hydroxyl groups is 6. The van der Waals surface area contributed by atoms with Gasteiger partial charge in [-0.3, -0.25) is 0 Å². The molecule has 0 aliphatic carbocycles. The van der Waals surface area contributed by atoms with Gasteiger partial charge in [0, 0.05) is 14.2 Å². The second kappa shape index (κ2) is 8.97. The van der Waals surface area contributed by atoms with E-state index >= 15 is 0 Å². The van der Waals surface area contributed by atoms with Crippen LogP contribution in [0.3, 0.4) is 0 Å². The van der Waals surface area contributed by atoms with E-state index in [0.29, 0.717) is 0 Å². The maximum Gasteiger partial charge on any atom is 0.187 e. The monoisotopic (exact) mass is 370 g/mol. The molecular formula is C14H26O11. The SMILES string of the molecule is CO[C@@H]1O[C@H](CO)[C@H](O[C@@H]2O[C@H](CO)[C@H](OC)[C@H](O)[C@H]2O)[C@H](O)[C@H]1O. The molecule has 2 fully saturated rings. The largest absolute Gasteiger partial charge is 0.394 e. The summed E-state index contributed by atoms with van der Waals surface area (Å²) >= 11 is 0. The molecule has 11 nitrogen and oxygen atoms in total. The van der Waals surface area contributed by atoms with Crippen molar-refractivity contribution in [2.24, 2.45) is 0 Å². The molecule has 10 atom stereocenters. The van der Waals surface area contributed by atoms with E-state index in [4.69, 9.17) is 23.7 Å². The van der Waals surface area contributed by atoms with E-state index in [1.54, 1.807) is 0 Å². The Bertz CT molecular complexity index is 406. The van der Waals surface area contributed by atoms with E-state index in [9.17, 15) is 30.6 Å². The maximum absolute atomic E-state index is 10.2. The van der Waals surface area contributed by atoms with Crippen LogP contribution in [0.25, 0.3) is 0 Å². The third-order valence-corrected chi connectivity index (χ3v) is 4.44. The third kappa shape index (κ3) is 4.12. The molecule has 0 radical (unpaired) electrons. The summed E-state index contributed by atoms with van der Waals surface area (Å²) in [5.41, 5.74) is 0. The van der Waals surface area contributed by atoms with Gasteiger partial charge in [-0.1, -0.05) is 0 Å². The van der Waals surface area contributed by atoms with Crippen molar-refractivity contribution >= 4 is 0 Å². The van der Waals surface area contributed by atoms with Gasteiger partial charge in [0.05, 0.1) is 13.2 Å². The topological polar surface area (TPSA) is 168 Å². The summed E-state index contributed by atoms with van der Waals surface area (Å²) in [5.74, 6) is 0. The number of hydrogen-bond acceptors (Lipinski definition) is 11. The van der Waals surface area contributed by atoms with E-state index in [-0.39, 0.29) is 0 Å². The summed E-state index contributed by atoms with van der Waals surface area (Å²) in [7, 11) is 2.55. The Balaban J connectivity index is 2.13. The van der Waals surface area contributed by atoms with Crippen LogP contribution >= 0.6 is 0 Å². The first-order valence-electron chi connectivity index (χ1n) is 7.85. The van der Waals surface area contributed by atoms with Gasteiger partial charge in [0.25, 0.3) is 0 Å². The second-order valence-electron chi connectivity index (χ2n) is 5.95.